The van der Waals surface area contributed by atoms with Gasteiger partial charge in [0.25, 0.3) is 0 Å². The number of fused-ring (bicyclic) bond motifs is 3. The largest absolute Gasteiger partial charge is 0.359 e. The van der Waals surface area contributed by atoms with E-state index in [-0.39, 0.29) is 21.2 Å². The van der Waals surface area contributed by atoms with Crippen LogP contribution in [0.5, 0.6) is 0 Å². The van der Waals surface area contributed by atoms with Gasteiger partial charge in [0, 0.05) is 5.56 Å². The molecule has 0 bridgehead atoms. The first-order valence-corrected chi connectivity index (χ1v) is 6.92. The Labute approximate surface area is 98.2 Å². The third-order valence-corrected chi connectivity index (χ3v) is 5.63. The number of rotatable bonds is 0. The lowest BCUT2D eigenvalue weighted by molar-refractivity contribution is -0.589. The molecule has 0 unspecified atom stereocenters. The van der Waals surface area contributed by atoms with Crippen LogP contribution >= 0.6 is 11.6 Å². The van der Waals surface area contributed by atoms with Gasteiger partial charge in [0.1, 0.15) is 0 Å². The minimum absolute atomic E-state index is 0.00155. The molecule has 2 heteroatoms. The second-order valence-corrected chi connectivity index (χ2v) is 6.44. The molecule has 2 aromatic rings. The molecule has 14 heavy (non-hydrogen) atoms. The van der Waals surface area contributed by atoms with Gasteiger partial charge in [-0.3, -0.25) is 0 Å². The minimum atomic E-state index is 0.00155. The van der Waals surface area contributed by atoms with Crippen molar-refractivity contribution in [2.75, 3.05) is 0 Å². The van der Waals surface area contributed by atoms with Crippen LogP contribution in [0.25, 0.3) is 11.1 Å². The van der Waals surface area contributed by atoms with Crippen LogP contribution in [0.4, 0.5) is 0 Å². The molecule has 0 aromatic heterocycles. The fraction of sp³-hybridized carbons (Fsp3) is 0. The molecular formula is C12H7ClI+. The summed E-state index contributed by atoms with van der Waals surface area (Å²) in [5, 5.41) is 0.896. The maximum Gasteiger partial charge on any atom is 0.359 e. The molecule has 0 nitrogen and oxygen atoms in total. The molecule has 3 rings (SSSR count). The third-order valence-electron chi connectivity index (χ3n) is 2.31. The van der Waals surface area contributed by atoms with Crippen LogP contribution in [0.3, 0.4) is 0 Å². The number of benzene rings is 2. The molecule has 0 aliphatic carbocycles. The zero-order chi connectivity index (χ0) is 9.54. The zero-order valence-corrected chi connectivity index (χ0v) is 10.2. The maximum absolute atomic E-state index is 6.21. The van der Waals surface area contributed by atoms with E-state index in [1.807, 2.05) is 12.1 Å². The van der Waals surface area contributed by atoms with Gasteiger partial charge in [-0.05, 0) is 24.3 Å². The summed E-state index contributed by atoms with van der Waals surface area (Å²) in [6.45, 7) is 0. The van der Waals surface area contributed by atoms with Crippen molar-refractivity contribution in [1.29, 1.82) is 0 Å². The predicted molar refractivity (Wildman–Crippen MR) is 54.3 cm³/mol. The molecule has 1 heterocycles. The summed E-state index contributed by atoms with van der Waals surface area (Å²) in [6.07, 6.45) is 0. The Morgan fingerprint density at radius 1 is 0.857 bits per heavy atom. The SMILES string of the molecule is Clc1cccc2c1-c1ccccc1[I+]2. The van der Waals surface area contributed by atoms with Crippen LogP contribution < -0.4 is 21.2 Å². The second-order valence-electron chi connectivity index (χ2n) is 3.17. The van der Waals surface area contributed by atoms with Crippen molar-refractivity contribution >= 4 is 11.6 Å². The molecule has 68 valence electrons. The molecule has 0 amide bonds. The van der Waals surface area contributed by atoms with E-state index in [0.29, 0.717) is 0 Å². The predicted octanol–water partition coefficient (Wildman–Crippen LogP) is 0.449. The highest BCUT2D eigenvalue weighted by atomic mass is 127. The molecule has 0 atom stereocenters. The lowest BCUT2D eigenvalue weighted by Crippen LogP contribution is -3.61. The van der Waals surface area contributed by atoms with Gasteiger partial charge in [-0.25, -0.2) is 0 Å². The van der Waals surface area contributed by atoms with E-state index in [1.165, 1.54) is 18.3 Å². The van der Waals surface area contributed by atoms with Crippen LogP contribution in [-0.4, -0.2) is 0 Å². The van der Waals surface area contributed by atoms with E-state index in [4.69, 9.17) is 11.6 Å². The van der Waals surface area contributed by atoms with E-state index < -0.39 is 0 Å². The summed E-state index contributed by atoms with van der Waals surface area (Å²) in [5.74, 6) is 0. The summed E-state index contributed by atoms with van der Waals surface area (Å²) in [5.41, 5.74) is 2.62. The Bertz CT molecular complexity index is 505. The topological polar surface area (TPSA) is 0 Å². The van der Waals surface area contributed by atoms with Crippen LogP contribution in [0.1, 0.15) is 0 Å². The third kappa shape index (κ3) is 1.19. The average molecular weight is 314 g/mol. The Hall–Kier alpha value is -0.540. The van der Waals surface area contributed by atoms with Crippen molar-refractivity contribution in [3.63, 3.8) is 0 Å². The summed E-state index contributed by atoms with van der Waals surface area (Å²) >= 11 is 6.22. The second kappa shape index (κ2) is 3.24. The first-order valence-electron chi connectivity index (χ1n) is 4.39. The first-order chi connectivity index (χ1) is 6.86. The molecule has 1 aliphatic rings. The van der Waals surface area contributed by atoms with Crippen LogP contribution in [0, 0.1) is 7.14 Å². The summed E-state index contributed by atoms with van der Waals surface area (Å²) in [7, 11) is 0. The highest BCUT2D eigenvalue weighted by Crippen LogP contribution is 2.29. The van der Waals surface area contributed by atoms with Gasteiger partial charge >= 0.3 is 21.2 Å². The molecule has 0 N–H and O–H groups in total. The lowest BCUT2D eigenvalue weighted by atomic mass is 10.1. The molecule has 0 saturated heterocycles. The maximum atomic E-state index is 6.21. The standard InChI is InChI=1S/C12H7ClI/c13-9-5-3-7-11-12(9)8-4-1-2-6-10(8)14-11/h1-7H/q+1. The van der Waals surface area contributed by atoms with E-state index in [1.54, 1.807) is 0 Å². The minimum Gasteiger partial charge on any atom is -0.0835 e. The Balaban J connectivity index is 2.35. The monoisotopic (exact) mass is 313 g/mol. The molecule has 1 aliphatic heterocycles. The number of hydrogen-bond donors (Lipinski definition) is 0. The van der Waals surface area contributed by atoms with Gasteiger partial charge < -0.3 is 0 Å². The average Bonchev–Trinajstić information content (AvgIpc) is 2.57. The van der Waals surface area contributed by atoms with Crippen molar-refractivity contribution < 1.29 is 21.2 Å². The van der Waals surface area contributed by atoms with E-state index in [2.05, 4.69) is 30.3 Å². The van der Waals surface area contributed by atoms with Crippen molar-refractivity contribution in [2.45, 2.75) is 0 Å². The fourth-order valence-electron chi connectivity index (χ4n) is 1.69. The molecule has 0 fully saturated rings. The van der Waals surface area contributed by atoms with Gasteiger partial charge in [-0.1, -0.05) is 29.8 Å². The number of hydrogen-bond acceptors (Lipinski definition) is 0. The zero-order valence-electron chi connectivity index (χ0n) is 7.30. The molecule has 0 spiro atoms. The van der Waals surface area contributed by atoms with E-state index >= 15 is 0 Å². The van der Waals surface area contributed by atoms with Crippen LogP contribution in [0.15, 0.2) is 42.5 Å². The number of halogens is 2. The van der Waals surface area contributed by atoms with Crippen LogP contribution in [0.2, 0.25) is 5.02 Å². The normalized spacial score (nSPS) is 12.4. The van der Waals surface area contributed by atoms with Crippen molar-refractivity contribution in [1.82, 2.24) is 0 Å². The Morgan fingerprint density at radius 2 is 1.64 bits per heavy atom. The fourth-order valence-corrected chi connectivity index (χ4v) is 5.12. The Kier molecular flexibility index (Phi) is 2.03. The van der Waals surface area contributed by atoms with Crippen LogP contribution in [-0.2, 0) is 0 Å². The summed E-state index contributed by atoms with van der Waals surface area (Å²) in [4.78, 5) is 0. The van der Waals surface area contributed by atoms with Gasteiger partial charge in [0.2, 0.25) is 7.14 Å². The summed E-state index contributed by atoms with van der Waals surface area (Å²) < 4.78 is 2.95. The highest BCUT2D eigenvalue weighted by Gasteiger charge is 2.34. The van der Waals surface area contributed by atoms with Gasteiger partial charge in [0.15, 0.2) is 0 Å². The quantitative estimate of drug-likeness (QED) is 0.529. The highest BCUT2D eigenvalue weighted by molar-refractivity contribution is 6.33. The van der Waals surface area contributed by atoms with E-state index in [0.717, 1.165) is 5.02 Å². The summed E-state index contributed by atoms with van der Waals surface area (Å²) in [6, 6.07) is 14.8. The molecule has 0 saturated carbocycles. The molecular weight excluding hydrogens is 306 g/mol. The van der Waals surface area contributed by atoms with Gasteiger partial charge in [-0.15, -0.1) is 0 Å². The van der Waals surface area contributed by atoms with Crippen molar-refractivity contribution in [3.05, 3.63) is 54.6 Å². The molecule has 2 aromatic carbocycles. The van der Waals surface area contributed by atoms with Crippen molar-refractivity contribution in [3.8, 4) is 11.1 Å². The van der Waals surface area contributed by atoms with Gasteiger partial charge in [0.05, 0.1) is 10.6 Å². The van der Waals surface area contributed by atoms with E-state index in [9.17, 15) is 0 Å². The van der Waals surface area contributed by atoms with Gasteiger partial charge in [-0.2, -0.15) is 0 Å². The Morgan fingerprint density at radius 3 is 2.57 bits per heavy atom. The van der Waals surface area contributed by atoms with Crippen molar-refractivity contribution in [2.24, 2.45) is 0 Å². The lowest BCUT2D eigenvalue weighted by Gasteiger charge is -1.96. The first kappa shape index (κ1) is 8.74. The molecule has 0 radical (unpaired) electrons. The smallest absolute Gasteiger partial charge is 0.0835 e.